The van der Waals surface area contributed by atoms with Crippen molar-refractivity contribution >= 4 is 33.0 Å². The molecule has 1 aromatic carbocycles. The molecule has 2 fully saturated rings. The van der Waals surface area contributed by atoms with Crippen LogP contribution < -0.4 is 5.48 Å². The minimum atomic E-state index is -3.91. The zero-order valence-corrected chi connectivity index (χ0v) is 24.9. The van der Waals surface area contributed by atoms with Crippen LogP contribution in [0.3, 0.4) is 0 Å². The molecule has 2 aliphatic rings. The van der Waals surface area contributed by atoms with Crippen LogP contribution in [0.25, 0.3) is 10.4 Å². The van der Waals surface area contributed by atoms with Gasteiger partial charge in [0.2, 0.25) is 5.91 Å². The summed E-state index contributed by atoms with van der Waals surface area (Å²) in [5.41, 5.74) is 4.74. The van der Waals surface area contributed by atoms with Crippen molar-refractivity contribution in [2.24, 2.45) is 0 Å². The molecule has 0 aliphatic carbocycles. The molecule has 2 saturated heterocycles. The number of hydrogen-bond donors (Lipinski definition) is 1. The minimum absolute atomic E-state index is 0.0143. The Morgan fingerprint density at radius 2 is 1.98 bits per heavy atom. The van der Waals surface area contributed by atoms with E-state index in [-0.39, 0.29) is 37.4 Å². The number of sulfone groups is 1. The van der Waals surface area contributed by atoms with Gasteiger partial charge in [-0.15, -0.1) is 11.3 Å². The third-order valence-electron chi connectivity index (χ3n) is 7.74. The van der Waals surface area contributed by atoms with Gasteiger partial charge in [-0.2, -0.15) is 0 Å². The number of hydroxylamine groups is 1. The number of carbonyl (C=O) groups is 2. The topological polar surface area (TPSA) is 128 Å². The van der Waals surface area contributed by atoms with Gasteiger partial charge in [0.1, 0.15) is 10.5 Å². The van der Waals surface area contributed by atoms with Crippen LogP contribution in [0.2, 0.25) is 0 Å². The van der Waals surface area contributed by atoms with E-state index < -0.39 is 32.7 Å². The van der Waals surface area contributed by atoms with Crippen molar-refractivity contribution in [1.82, 2.24) is 15.5 Å². The van der Waals surface area contributed by atoms with Gasteiger partial charge in [0.25, 0.3) is 5.91 Å². The minimum Gasteiger partial charge on any atom is -0.361 e. The fourth-order valence-electron chi connectivity index (χ4n) is 5.28. The van der Waals surface area contributed by atoms with E-state index in [1.165, 1.54) is 27.9 Å². The molecule has 0 saturated carbocycles. The highest BCUT2D eigenvalue weighted by atomic mass is 32.2. The predicted molar refractivity (Wildman–Crippen MR) is 154 cm³/mol. The Hall–Kier alpha value is -3.06. The quantitative estimate of drug-likeness (QED) is 0.377. The lowest BCUT2D eigenvalue weighted by Gasteiger charge is -2.31. The van der Waals surface area contributed by atoms with Crippen LogP contribution in [0, 0.1) is 6.92 Å². The van der Waals surface area contributed by atoms with Crippen LogP contribution in [0.15, 0.2) is 47.0 Å². The van der Waals surface area contributed by atoms with Crippen LogP contribution in [-0.2, 0) is 35.4 Å². The van der Waals surface area contributed by atoms with E-state index >= 15 is 0 Å². The SMILES string of the molecule is CCc1ccc(-c2ccc([C@@]3(CC(=O)NOC4CCCCO4)CCN(C(=O)c4cc(C)on4)CCS3(=O)=O)s2)cc1. The van der Waals surface area contributed by atoms with E-state index in [9.17, 15) is 18.0 Å². The van der Waals surface area contributed by atoms with E-state index in [2.05, 4.69) is 29.7 Å². The molecule has 2 aliphatic heterocycles. The summed E-state index contributed by atoms with van der Waals surface area (Å²) in [4.78, 5) is 34.8. The summed E-state index contributed by atoms with van der Waals surface area (Å²) >= 11 is 1.36. The number of hydrogen-bond acceptors (Lipinski definition) is 9. The van der Waals surface area contributed by atoms with Gasteiger partial charge >= 0.3 is 0 Å². The summed E-state index contributed by atoms with van der Waals surface area (Å²) in [6, 6.07) is 13.4. The summed E-state index contributed by atoms with van der Waals surface area (Å²) in [7, 11) is -3.91. The molecule has 3 aromatic rings. The first kappa shape index (κ1) is 29.4. The second-order valence-electron chi connectivity index (χ2n) is 10.5. The van der Waals surface area contributed by atoms with Gasteiger partial charge in [0, 0.05) is 41.9 Å². The van der Waals surface area contributed by atoms with Gasteiger partial charge < -0.3 is 14.2 Å². The Morgan fingerprint density at radius 3 is 2.66 bits per heavy atom. The summed E-state index contributed by atoms with van der Waals surface area (Å²) in [5, 5.41) is 3.81. The number of ether oxygens (including phenoxy) is 1. The molecule has 220 valence electrons. The zero-order chi connectivity index (χ0) is 29.0. The first-order valence-electron chi connectivity index (χ1n) is 13.9. The largest absolute Gasteiger partial charge is 0.361 e. The van der Waals surface area contributed by atoms with E-state index in [1.54, 1.807) is 13.0 Å². The molecule has 12 heteroatoms. The molecule has 2 atom stereocenters. The molecule has 41 heavy (non-hydrogen) atoms. The van der Waals surface area contributed by atoms with E-state index in [1.807, 2.05) is 18.2 Å². The van der Waals surface area contributed by atoms with Gasteiger partial charge in [-0.05, 0) is 55.9 Å². The maximum absolute atomic E-state index is 14.1. The number of benzene rings is 1. The van der Waals surface area contributed by atoms with Crippen LogP contribution in [-0.4, -0.2) is 62.0 Å². The molecule has 2 amide bonds. The second kappa shape index (κ2) is 12.4. The number of rotatable bonds is 8. The first-order valence-corrected chi connectivity index (χ1v) is 16.4. The fraction of sp³-hybridized carbons (Fsp3) is 0.483. The van der Waals surface area contributed by atoms with Crippen molar-refractivity contribution in [3.8, 4) is 10.4 Å². The third-order valence-corrected chi connectivity index (χ3v) is 11.7. The van der Waals surface area contributed by atoms with Crippen molar-refractivity contribution < 1.29 is 32.1 Å². The zero-order valence-electron chi connectivity index (χ0n) is 23.3. The van der Waals surface area contributed by atoms with Crippen molar-refractivity contribution in [1.29, 1.82) is 0 Å². The molecule has 1 N–H and O–H groups in total. The molecule has 2 aromatic heterocycles. The van der Waals surface area contributed by atoms with Crippen LogP contribution >= 0.6 is 11.3 Å². The highest BCUT2D eigenvalue weighted by Gasteiger charge is 2.50. The Bertz CT molecular complexity index is 1480. The van der Waals surface area contributed by atoms with E-state index in [0.717, 1.165) is 29.7 Å². The summed E-state index contributed by atoms with van der Waals surface area (Å²) in [6.45, 7) is 4.43. The number of thiophene rings is 1. The predicted octanol–water partition coefficient (Wildman–Crippen LogP) is 4.39. The summed E-state index contributed by atoms with van der Waals surface area (Å²) in [5.74, 6) is -0.773. The van der Waals surface area contributed by atoms with Gasteiger partial charge in [0.15, 0.2) is 21.8 Å². The molecule has 5 rings (SSSR count). The van der Waals surface area contributed by atoms with Crippen molar-refractivity contribution in [2.75, 3.05) is 25.4 Å². The average molecular weight is 602 g/mol. The van der Waals surface area contributed by atoms with Gasteiger partial charge in [-0.3, -0.25) is 9.59 Å². The molecule has 0 spiro atoms. The lowest BCUT2D eigenvalue weighted by molar-refractivity contribution is -0.200. The molecule has 10 nitrogen and oxygen atoms in total. The fourth-order valence-corrected chi connectivity index (χ4v) is 8.88. The number of nitrogens with one attached hydrogen (secondary N) is 1. The maximum Gasteiger partial charge on any atom is 0.276 e. The normalized spacial score (nSPS) is 22.7. The van der Waals surface area contributed by atoms with Crippen LogP contribution in [0.5, 0.6) is 0 Å². The molecular weight excluding hydrogens is 566 g/mol. The molecule has 0 bridgehead atoms. The monoisotopic (exact) mass is 601 g/mol. The first-order chi connectivity index (χ1) is 19.7. The lowest BCUT2D eigenvalue weighted by Crippen LogP contribution is -2.43. The molecule has 4 heterocycles. The molecular formula is C29H35N3O7S2. The Morgan fingerprint density at radius 1 is 1.17 bits per heavy atom. The van der Waals surface area contributed by atoms with Gasteiger partial charge in [-0.25, -0.2) is 18.7 Å². The molecule has 0 radical (unpaired) electrons. The standard InChI is InChI=1S/C29H35N3O7S2/c1-3-21-7-9-22(10-8-21)24-11-12-25(40-24)29(19-26(33)31-39-27-6-4-5-16-37-27)13-14-32(15-17-41(29,35)36)28(34)23-18-20(2)38-30-23/h7-12,18,27H,3-6,13-17,19H2,1-2H3,(H,31,33)/t27?,29-/m0/s1. The van der Waals surface area contributed by atoms with Gasteiger partial charge in [0.05, 0.1) is 12.2 Å². The van der Waals surface area contributed by atoms with Crippen molar-refractivity contribution in [3.63, 3.8) is 0 Å². The second-order valence-corrected chi connectivity index (χ2v) is 14.0. The number of aryl methyl sites for hydroxylation is 2. The van der Waals surface area contributed by atoms with E-state index in [0.29, 0.717) is 23.7 Å². The van der Waals surface area contributed by atoms with Crippen molar-refractivity contribution in [3.05, 3.63) is 64.4 Å². The highest BCUT2D eigenvalue weighted by molar-refractivity contribution is 7.92. The number of amides is 2. The lowest BCUT2D eigenvalue weighted by atomic mass is 9.97. The third kappa shape index (κ3) is 6.40. The highest BCUT2D eigenvalue weighted by Crippen LogP contribution is 2.45. The number of carbonyl (C=O) groups excluding carboxylic acids is 2. The summed E-state index contributed by atoms with van der Waals surface area (Å²) in [6.07, 6.45) is 2.55. The summed E-state index contributed by atoms with van der Waals surface area (Å²) < 4.78 is 37.2. The average Bonchev–Trinajstić information content (AvgIpc) is 3.63. The van der Waals surface area contributed by atoms with Crippen LogP contribution in [0.4, 0.5) is 0 Å². The number of nitrogens with zero attached hydrogens (tertiary/aromatic N) is 2. The maximum atomic E-state index is 14.1. The Kier molecular flexibility index (Phi) is 8.93. The van der Waals surface area contributed by atoms with Crippen molar-refractivity contribution in [2.45, 2.75) is 63.4 Å². The smallest absolute Gasteiger partial charge is 0.276 e. The number of aromatic nitrogens is 1. The Balaban J connectivity index is 1.45. The molecule has 1 unspecified atom stereocenters. The van der Waals surface area contributed by atoms with Crippen LogP contribution in [0.1, 0.15) is 65.7 Å². The van der Waals surface area contributed by atoms with Gasteiger partial charge in [-0.1, -0.05) is 36.3 Å². The Labute approximate surface area is 243 Å². The van der Waals surface area contributed by atoms with E-state index in [4.69, 9.17) is 14.1 Å².